The van der Waals surface area contributed by atoms with Crippen LogP contribution in [0.3, 0.4) is 0 Å². The fourth-order valence-corrected chi connectivity index (χ4v) is 3.99. The van der Waals surface area contributed by atoms with E-state index in [0.717, 1.165) is 11.8 Å². The number of ether oxygens (including phenoxy) is 2. The van der Waals surface area contributed by atoms with Crippen molar-refractivity contribution in [2.45, 2.75) is 6.92 Å². The molecule has 1 saturated heterocycles. The Bertz CT molecular complexity index is 1190. The molecule has 0 radical (unpaired) electrons. The van der Waals surface area contributed by atoms with Gasteiger partial charge < -0.3 is 24.7 Å². The lowest BCUT2D eigenvalue weighted by atomic mass is 10.2. The molecule has 1 heterocycles. The van der Waals surface area contributed by atoms with Gasteiger partial charge in [-0.15, -0.1) is 6.42 Å². The third kappa shape index (κ3) is 5.56. The molecule has 0 aromatic heterocycles. The number of aliphatic imine (C=N–C) groups is 1. The molecule has 10 heteroatoms. The topological polar surface area (TPSA) is 100 Å². The number of nitrogens with one attached hydrogen (secondary N) is 1. The number of aromatic carboxylic acids is 1. The van der Waals surface area contributed by atoms with Crippen LogP contribution in [-0.2, 0) is 4.79 Å². The van der Waals surface area contributed by atoms with Crippen LogP contribution < -0.4 is 19.9 Å². The SMILES string of the molecule is C#CCOc1c(Cl)cc(/C=C2\SC(=Nc3ccc(Cl)c(C(=O)[O-])c3)NC2=O)cc1OCC. The monoisotopic (exact) mass is 489 g/mol. The van der Waals surface area contributed by atoms with Gasteiger partial charge in [-0.1, -0.05) is 29.1 Å². The Labute approximate surface area is 198 Å². The van der Waals surface area contributed by atoms with Crippen molar-refractivity contribution in [1.82, 2.24) is 5.32 Å². The van der Waals surface area contributed by atoms with Crippen LogP contribution in [-0.4, -0.2) is 30.3 Å². The lowest BCUT2D eigenvalue weighted by Gasteiger charge is -2.13. The van der Waals surface area contributed by atoms with Crippen LogP contribution in [0.5, 0.6) is 11.5 Å². The molecule has 32 heavy (non-hydrogen) atoms. The van der Waals surface area contributed by atoms with Crippen LogP contribution in [0.25, 0.3) is 6.08 Å². The summed E-state index contributed by atoms with van der Waals surface area (Å²) in [5.74, 6) is 1.30. The number of rotatable bonds is 7. The first kappa shape index (κ1) is 23.5. The van der Waals surface area contributed by atoms with E-state index in [1.807, 2.05) is 6.92 Å². The number of hydrogen-bond donors (Lipinski definition) is 1. The van der Waals surface area contributed by atoms with E-state index in [1.165, 1.54) is 18.2 Å². The van der Waals surface area contributed by atoms with Crippen molar-refractivity contribution in [3.63, 3.8) is 0 Å². The Morgan fingerprint density at radius 3 is 2.75 bits per heavy atom. The Hall–Kier alpha value is -3.12. The maximum atomic E-state index is 12.4. The zero-order chi connectivity index (χ0) is 23.3. The molecule has 1 amide bonds. The van der Waals surface area contributed by atoms with Crippen LogP contribution >= 0.6 is 35.0 Å². The molecule has 164 valence electrons. The molecule has 2 aromatic rings. The van der Waals surface area contributed by atoms with Gasteiger partial charge in [0.2, 0.25) is 0 Å². The number of benzene rings is 2. The summed E-state index contributed by atoms with van der Waals surface area (Å²) in [7, 11) is 0. The zero-order valence-electron chi connectivity index (χ0n) is 16.6. The molecule has 0 saturated carbocycles. The number of amides is 1. The number of carbonyl (C=O) groups is 2. The van der Waals surface area contributed by atoms with Gasteiger partial charge in [-0.25, -0.2) is 4.99 Å². The molecule has 0 spiro atoms. The molecule has 0 aliphatic carbocycles. The molecule has 0 atom stereocenters. The number of carbonyl (C=O) groups excluding carboxylic acids is 2. The van der Waals surface area contributed by atoms with Crippen LogP contribution in [0.1, 0.15) is 22.8 Å². The number of halogens is 2. The van der Waals surface area contributed by atoms with Gasteiger partial charge in [-0.2, -0.15) is 0 Å². The number of thioether (sulfide) groups is 1. The van der Waals surface area contributed by atoms with E-state index < -0.39 is 5.97 Å². The van der Waals surface area contributed by atoms with Gasteiger partial charge >= 0.3 is 0 Å². The van der Waals surface area contributed by atoms with Crippen LogP contribution in [0.4, 0.5) is 5.69 Å². The van der Waals surface area contributed by atoms with Crippen LogP contribution in [0, 0.1) is 12.3 Å². The molecule has 7 nitrogen and oxygen atoms in total. The van der Waals surface area contributed by atoms with Crippen LogP contribution in [0.15, 0.2) is 40.2 Å². The van der Waals surface area contributed by atoms with Gasteiger partial charge in [0.15, 0.2) is 16.7 Å². The van der Waals surface area contributed by atoms with E-state index >= 15 is 0 Å². The minimum Gasteiger partial charge on any atom is -0.545 e. The highest BCUT2D eigenvalue weighted by Crippen LogP contribution is 2.38. The Balaban J connectivity index is 1.88. The third-order valence-corrected chi connectivity index (χ3v) is 5.50. The van der Waals surface area contributed by atoms with E-state index in [2.05, 4.69) is 16.2 Å². The number of amidine groups is 1. The zero-order valence-corrected chi connectivity index (χ0v) is 18.9. The normalized spacial score (nSPS) is 15.5. The molecule has 1 aliphatic heterocycles. The number of carboxylic acids is 1. The first-order valence-electron chi connectivity index (χ1n) is 9.15. The van der Waals surface area contributed by atoms with Crippen molar-refractivity contribution in [2.75, 3.05) is 13.2 Å². The van der Waals surface area contributed by atoms with E-state index in [9.17, 15) is 14.7 Å². The molecule has 0 unspecified atom stereocenters. The summed E-state index contributed by atoms with van der Waals surface area (Å²) < 4.78 is 11.0. The largest absolute Gasteiger partial charge is 0.545 e. The van der Waals surface area contributed by atoms with Crippen molar-refractivity contribution in [1.29, 1.82) is 0 Å². The van der Waals surface area contributed by atoms with E-state index in [0.29, 0.717) is 34.3 Å². The maximum Gasteiger partial charge on any atom is 0.264 e. The number of terminal acetylenes is 1. The Morgan fingerprint density at radius 2 is 2.06 bits per heavy atom. The fourth-order valence-electron chi connectivity index (χ4n) is 2.68. The summed E-state index contributed by atoms with van der Waals surface area (Å²) in [5, 5.41) is 14.4. The summed E-state index contributed by atoms with van der Waals surface area (Å²) in [4.78, 5) is 28.1. The average Bonchev–Trinajstić information content (AvgIpc) is 3.07. The van der Waals surface area contributed by atoms with Gasteiger partial charge in [0.1, 0.15) is 6.61 Å². The Kier molecular flexibility index (Phi) is 7.70. The van der Waals surface area contributed by atoms with Gasteiger partial charge in [0.05, 0.1) is 28.2 Å². The maximum absolute atomic E-state index is 12.4. The second-order valence-corrected chi connectivity index (χ2v) is 8.03. The third-order valence-electron chi connectivity index (χ3n) is 3.98. The molecule has 3 rings (SSSR count). The smallest absolute Gasteiger partial charge is 0.264 e. The standard InChI is InChI=1S/C22H16Cl2N2O5S/c1-3-7-31-19-16(24)8-12(9-17(19)30-4-2)10-18-20(27)26-22(32-18)25-13-5-6-15(23)14(11-13)21(28)29/h1,5-6,8-11H,4,7H2,2H3,(H,28,29)(H,25,26,27)/p-1/b18-10-. The fraction of sp³-hybridized carbons (Fsp3) is 0.136. The van der Waals surface area contributed by atoms with Crippen molar-refractivity contribution in [2.24, 2.45) is 4.99 Å². The van der Waals surface area contributed by atoms with Crippen molar-refractivity contribution < 1.29 is 24.2 Å². The molecule has 1 aliphatic rings. The number of nitrogens with zero attached hydrogens (tertiary/aromatic N) is 1. The Morgan fingerprint density at radius 1 is 1.28 bits per heavy atom. The van der Waals surface area contributed by atoms with E-state index in [1.54, 1.807) is 18.2 Å². The van der Waals surface area contributed by atoms with Crippen molar-refractivity contribution in [3.8, 4) is 23.8 Å². The minimum absolute atomic E-state index is 0.0304. The highest BCUT2D eigenvalue weighted by atomic mass is 35.5. The lowest BCUT2D eigenvalue weighted by molar-refractivity contribution is -0.255. The molecule has 1 N–H and O–H groups in total. The average molecular weight is 490 g/mol. The van der Waals surface area contributed by atoms with E-state index in [4.69, 9.17) is 39.1 Å². The highest BCUT2D eigenvalue weighted by Gasteiger charge is 2.24. The first-order valence-corrected chi connectivity index (χ1v) is 10.7. The molecular weight excluding hydrogens is 475 g/mol. The summed E-state index contributed by atoms with van der Waals surface area (Å²) in [6.07, 6.45) is 6.86. The second kappa shape index (κ2) is 10.5. The van der Waals surface area contributed by atoms with Crippen molar-refractivity contribution >= 4 is 63.8 Å². The molecule has 2 aromatic carbocycles. The predicted octanol–water partition coefficient (Wildman–Crippen LogP) is 3.66. The highest BCUT2D eigenvalue weighted by molar-refractivity contribution is 8.18. The summed E-state index contributed by atoms with van der Waals surface area (Å²) in [6.45, 7) is 2.22. The van der Waals surface area contributed by atoms with Gasteiger partial charge in [-0.3, -0.25) is 4.79 Å². The molecule has 0 bridgehead atoms. The molecular formula is C22H15Cl2N2O5S-. The van der Waals surface area contributed by atoms with E-state index in [-0.39, 0.29) is 33.3 Å². The number of carboxylic acid groups (broad SMARTS) is 1. The van der Waals surface area contributed by atoms with Crippen molar-refractivity contribution in [3.05, 3.63) is 56.4 Å². The summed E-state index contributed by atoms with van der Waals surface area (Å²) in [5.41, 5.74) is 0.717. The quantitative estimate of drug-likeness (QED) is 0.470. The molecule has 1 fully saturated rings. The minimum atomic E-state index is -1.42. The van der Waals surface area contributed by atoms with Crippen LogP contribution in [0.2, 0.25) is 10.0 Å². The second-order valence-electron chi connectivity index (χ2n) is 6.19. The summed E-state index contributed by atoms with van der Waals surface area (Å²) in [6, 6.07) is 7.49. The lowest BCUT2D eigenvalue weighted by Crippen LogP contribution is -2.22. The number of hydrogen-bond acceptors (Lipinski definition) is 7. The van der Waals surface area contributed by atoms with Gasteiger partial charge in [0, 0.05) is 10.6 Å². The van der Waals surface area contributed by atoms with Gasteiger partial charge in [-0.05, 0) is 60.7 Å². The predicted molar refractivity (Wildman–Crippen MR) is 124 cm³/mol. The summed E-state index contributed by atoms with van der Waals surface area (Å²) >= 11 is 13.2. The first-order chi connectivity index (χ1) is 15.3. The van der Waals surface area contributed by atoms with Gasteiger partial charge in [0.25, 0.3) is 5.91 Å².